The number of carbonyl (C=O) groups is 1. The van der Waals surface area contributed by atoms with Crippen LogP contribution in [0, 0.1) is 0 Å². The van der Waals surface area contributed by atoms with Gasteiger partial charge in [0.2, 0.25) is 0 Å². The van der Waals surface area contributed by atoms with E-state index in [9.17, 15) is 4.79 Å². The van der Waals surface area contributed by atoms with Crippen molar-refractivity contribution in [1.82, 2.24) is 9.55 Å². The number of nitrogens with zero attached hydrogens (tertiary/aromatic N) is 2. The van der Waals surface area contributed by atoms with Gasteiger partial charge in [0.05, 0.1) is 5.69 Å². The lowest BCUT2D eigenvalue weighted by atomic mass is 10.2. The molecule has 0 saturated carbocycles. The fraction of sp³-hybridized carbons (Fsp3) is 0.600. The van der Waals surface area contributed by atoms with Crippen LogP contribution in [-0.2, 0) is 18.2 Å². The molecule has 16 heavy (non-hydrogen) atoms. The van der Waals surface area contributed by atoms with Crippen molar-refractivity contribution in [2.24, 2.45) is 7.05 Å². The smallest absolute Gasteiger partial charge is 0.356 e. The lowest BCUT2D eigenvalue weighted by molar-refractivity contribution is 0.0689. The Morgan fingerprint density at radius 1 is 1.62 bits per heavy atom. The topological polar surface area (TPSA) is 64.3 Å². The molecule has 1 heterocycles. The van der Waals surface area contributed by atoms with Crippen molar-refractivity contribution in [3.8, 4) is 0 Å². The van der Waals surface area contributed by atoms with E-state index in [1.807, 2.05) is 17.9 Å². The first kappa shape index (κ1) is 13.1. The number of aromatic carboxylic acids is 1. The molecule has 0 aliphatic rings. The highest BCUT2D eigenvalue weighted by atomic mass is 32.2. The monoisotopic (exact) mass is 244 g/mol. The number of hydrogen-bond acceptors (Lipinski definition) is 4. The maximum Gasteiger partial charge on any atom is 0.356 e. The van der Waals surface area contributed by atoms with E-state index in [1.54, 1.807) is 7.11 Å². The Morgan fingerprint density at radius 2 is 2.31 bits per heavy atom. The maximum absolute atomic E-state index is 11.0. The second kappa shape index (κ2) is 5.91. The summed E-state index contributed by atoms with van der Waals surface area (Å²) in [5, 5.41) is 9.77. The summed E-state index contributed by atoms with van der Waals surface area (Å²) in [5.41, 5.74) is 0.914. The zero-order valence-electron chi connectivity index (χ0n) is 9.69. The van der Waals surface area contributed by atoms with Gasteiger partial charge >= 0.3 is 5.97 Å². The second-order valence-corrected chi connectivity index (χ2v) is 4.13. The van der Waals surface area contributed by atoms with Gasteiger partial charge < -0.3 is 14.4 Å². The Hall–Kier alpha value is -1.01. The van der Waals surface area contributed by atoms with E-state index in [0.717, 1.165) is 17.3 Å². The highest BCUT2D eigenvalue weighted by molar-refractivity contribution is 7.98. The molecule has 0 saturated heterocycles. The number of thioether (sulfide) groups is 1. The molecule has 0 radical (unpaired) electrons. The van der Waals surface area contributed by atoms with Crippen LogP contribution in [0.5, 0.6) is 0 Å². The third-order valence-electron chi connectivity index (χ3n) is 2.32. The van der Waals surface area contributed by atoms with Crippen molar-refractivity contribution in [3.63, 3.8) is 0 Å². The van der Waals surface area contributed by atoms with Gasteiger partial charge in [-0.3, -0.25) is 0 Å². The van der Waals surface area contributed by atoms with Gasteiger partial charge in [-0.25, -0.2) is 9.78 Å². The fourth-order valence-electron chi connectivity index (χ4n) is 1.53. The Kier molecular flexibility index (Phi) is 4.82. The molecular formula is C10H16N2O3S. The number of rotatable bonds is 6. The Morgan fingerprint density at radius 3 is 2.81 bits per heavy atom. The number of hydrogen-bond donors (Lipinski definition) is 1. The van der Waals surface area contributed by atoms with Crippen molar-refractivity contribution in [2.45, 2.75) is 18.0 Å². The Balaban J connectivity index is 2.94. The largest absolute Gasteiger partial charge is 0.476 e. The molecule has 90 valence electrons. The van der Waals surface area contributed by atoms with E-state index < -0.39 is 5.97 Å². The van der Waals surface area contributed by atoms with Gasteiger partial charge in [0, 0.05) is 20.8 Å². The van der Waals surface area contributed by atoms with Crippen molar-refractivity contribution in [1.29, 1.82) is 0 Å². The van der Waals surface area contributed by atoms with Gasteiger partial charge in [-0.2, -0.15) is 0 Å². The molecule has 0 aliphatic carbocycles. The van der Waals surface area contributed by atoms with E-state index in [4.69, 9.17) is 9.84 Å². The second-order valence-electron chi connectivity index (χ2n) is 3.35. The first-order chi connectivity index (χ1) is 7.61. The van der Waals surface area contributed by atoms with E-state index in [0.29, 0.717) is 13.0 Å². The van der Waals surface area contributed by atoms with Gasteiger partial charge in [-0.15, -0.1) is 0 Å². The zero-order valence-corrected chi connectivity index (χ0v) is 10.5. The third-order valence-corrected chi connectivity index (χ3v) is 3.05. The molecule has 0 unspecified atom stereocenters. The quantitative estimate of drug-likeness (QED) is 0.605. The predicted octanol–water partition coefficient (Wildman–Crippen LogP) is 1.42. The van der Waals surface area contributed by atoms with Crippen molar-refractivity contribution in [3.05, 3.63) is 11.4 Å². The average molecular weight is 244 g/mol. The summed E-state index contributed by atoms with van der Waals surface area (Å²) in [4.78, 5) is 15.1. The lowest BCUT2D eigenvalue weighted by Gasteiger charge is -2.04. The molecule has 0 aliphatic heterocycles. The molecule has 0 amide bonds. The maximum atomic E-state index is 11.0. The number of methoxy groups -OCH3 is 1. The van der Waals surface area contributed by atoms with Crippen molar-refractivity contribution in [2.75, 3.05) is 20.0 Å². The highest BCUT2D eigenvalue weighted by Crippen LogP contribution is 2.19. The number of carboxylic acids is 1. The van der Waals surface area contributed by atoms with E-state index in [2.05, 4.69) is 4.98 Å². The minimum Gasteiger partial charge on any atom is -0.476 e. The van der Waals surface area contributed by atoms with Crippen LogP contribution < -0.4 is 0 Å². The molecule has 0 bridgehead atoms. The van der Waals surface area contributed by atoms with Gasteiger partial charge in [-0.1, -0.05) is 11.8 Å². The van der Waals surface area contributed by atoms with Crippen LogP contribution in [0.15, 0.2) is 5.16 Å². The molecule has 1 aromatic heterocycles. The van der Waals surface area contributed by atoms with Crippen LogP contribution in [-0.4, -0.2) is 40.6 Å². The first-order valence-electron chi connectivity index (χ1n) is 4.93. The van der Waals surface area contributed by atoms with E-state index in [-0.39, 0.29) is 5.69 Å². The molecule has 1 rings (SSSR count). The molecule has 1 N–H and O–H groups in total. The van der Waals surface area contributed by atoms with Crippen LogP contribution in [0.25, 0.3) is 0 Å². The summed E-state index contributed by atoms with van der Waals surface area (Å²) in [6.07, 6.45) is 3.34. The van der Waals surface area contributed by atoms with Crippen LogP contribution in [0.1, 0.15) is 22.6 Å². The Bertz CT molecular complexity index is 376. The summed E-state index contributed by atoms with van der Waals surface area (Å²) in [6, 6.07) is 0. The molecule has 0 aromatic carbocycles. The molecule has 0 atom stereocenters. The summed E-state index contributed by atoms with van der Waals surface area (Å²) >= 11 is 1.44. The van der Waals surface area contributed by atoms with Crippen molar-refractivity contribution < 1.29 is 14.6 Å². The number of carboxylic acid groups (broad SMARTS) is 1. The lowest BCUT2D eigenvalue weighted by Crippen LogP contribution is -2.06. The van der Waals surface area contributed by atoms with Gasteiger partial charge in [0.1, 0.15) is 0 Å². The zero-order chi connectivity index (χ0) is 12.1. The number of imidazole rings is 1. The van der Waals surface area contributed by atoms with Crippen LogP contribution in [0.3, 0.4) is 0 Å². The van der Waals surface area contributed by atoms with Crippen LogP contribution in [0.2, 0.25) is 0 Å². The molecule has 6 heteroatoms. The minimum absolute atomic E-state index is 0.156. The minimum atomic E-state index is -0.969. The highest BCUT2D eigenvalue weighted by Gasteiger charge is 2.18. The third kappa shape index (κ3) is 2.76. The van der Waals surface area contributed by atoms with Crippen molar-refractivity contribution >= 4 is 17.7 Å². The van der Waals surface area contributed by atoms with Crippen LogP contribution >= 0.6 is 11.8 Å². The standard InChI is InChI=1S/C10H16N2O3S/c1-12-7(5-4-6-15-2)8(9(13)14)11-10(12)16-3/h4-6H2,1-3H3,(H,13,14). The summed E-state index contributed by atoms with van der Waals surface area (Å²) < 4.78 is 6.79. The predicted molar refractivity (Wildman–Crippen MR) is 62.1 cm³/mol. The van der Waals surface area contributed by atoms with E-state index in [1.165, 1.54) is 11.8 Å². The summed E-state index contributed by atoms with van der Waals surface area (Å²) in [5.74, 6) is -0.969. The molecule has 5 nitrogen and oxygen atoms in total. The van der Waals surface area contributed by atoms with E-state index >= 15 is 0 Å². The summed E-state index contributed by atoms with van der Waals surface area (Å²) in [7, 11) is 3.47. The SMILES string of the molecule is COCCCc1c(C(=O)O)nc(SC)n1C. The fourth-order valence-corrected chi connectivity index (χ4v) is 2.10. The normalized spacial score (nSPS) is 10.7. The van der Waals surface area contributed by atoms with Gasteiger partial charge in [0.25, 0.3) is 0 Å². The van der Waals surface area contributed by atoms with Gasteiger partial charge in [0.15, 0.2) is 10.9 Å². The average Bonchev–Trinajstić information content (AvgIpc) is 2.57. The molecular weight excluding hydrogens is 228 g/mol. The Labute approximate surface area is 98.8 Å². The first-order valence-corrected chi connectivity index (χ1v) is 6.16. The van der Waals surface area contributed by atoms with Crippen LogP contribution in [0.4, 0.5) is 0 Å². The molecule has 0 spiro atoms. The summed E-state index contributed by atoms with van der Waals surface area (Å²) in [6.45, 7) is 0.624. The van der Waals surface area contributed by atoms with Gasteiger partial charge in [-0.05, 0) is 19.1 Å². The number of aromatic nitrogens is 2. The molecule has 1 aromatic rings. The number of ether oxygens (including phenoxy) is 1. The molecule has 0 fully saturated rings.